The van der Waals surface area contributed by atoms with E-state index in [0.29, 0.717) is 0 Å². The molecule has 0 aliphatic rings. The molecule has 18 heavy (non-hydrogen) atoms. The monoisotopic (exact) mass is 261 g/mol. The lowest BCUT2D eigenvalue weighted by Crippen LogP contribution is -2.01. The molecule has 3 heteroatoms. The molecule has 0 amide bonds. The van der Waals surface area contributed by atoms with Crippen LogP contribution < -0.4 is 10.1 Å². The largest absolute Gasteiger partial charge is 0.497 e. The van der Waals surface area contributed by atoms with Gasteiger partial charge in [0.25, 0.3) is 0 Å². The second-order valence-electron chi connectivity index (χ2n) is 4.16. The number of anilines is 1. The molecule has 0 saturated carbocycles. The van der Waals surface area contributed by atoms with Gasteiger partial charge in [-0.2, -0.15) is 0 Å². The van der Waals surface area contributed by atoms with Crippen molar-refractivity contribution < 1.29 is 4.74 Å². The molecule has 2 rings (SSSR count). The smallest absolute Gasteiger partial charge is 0.119 e. The summed E-state index contributed by atoms with van der Waals surface area (Å²) in [7, 11) is 1.67. The molecule has 0 aromatic heterocycles. The second-order valence-corrected chi connectivity index (χ2v) is 4.60. The second kappa shape index (κ2) is 5.78. The van der Waals surface area contributed by atoms with Crippen molar-refractivity contribution >= 4 is 17.3 Å². The number of halogens is 1. The van der Waals surface area contributed by atoms with Crippen molar-refractivity contribution in [2.45, 2.75) is 13.5 Å². The van der Waals surface area contributed by atoms with Crippen molar-refractivity contribution in [3.05, 3.63) is 58.6 Å². The third kappa shape index (κ3) is 3.17. The van der Waals surface area contributed by atoms with E-state index >= 15 is 0 Å². The van der Waals surface area contributed by atoms with Gasteiger partial charge in [-0.25, -0.2) is 0 Å². The molecule has 94 valence electrons. The van der Waals surface area contributed by atoms with Crippen LogP contribution in [0.1, 0.15) is 11.1 Å². The summed E-state index contributed by atoms with van der Waals surface area (Å²) < 4.78 is 5.18. The topological polar surface area (TPSA) is 21.3 Å². The first-order chi connectivity index (χ1) is 8.69. The van der Waals surface area contributed by atoms with Crippen LogP contribution in [0.15, 0.2) is 42.5 Å². The lowest BCUT2D eigenvalue weighted by Gasteiger charge is -2.11. The average Bonchev–Trinajstić information content (AvgIpc) is 2.37. The maximum absolute atomic E-state index is 5.95. The van der Waals surface area contributed by atoms with E-state index in [4.69, 9.17) is 16.3 Å². The predicted octanol–water partition coefficient (Wildman–Crippen LogP) is 4.27. The zero-order chi connectivity index (χ0) is 13.0. The number of aryl methyl sites for hydroxylation is 1. The summed E-state index contributed by atoms with van der Waals surface area (Å²) in [6, 6.07) is 13.8. The molecule has 0 spiro atoms. The number of nitrogens with one attached hydrogen (secondary N) is 1. The van der Waals surface area contributed by atoms with Gasteiger partial charge in [0.05, 0.1) is 7.11 Å². The highest BCUT2D eigenvalue weighted by molar-refractivity contribution is 6.30. The summed E-state index contributed by atoms with van der Waals surface area (Å²) in [4.78, 5) is 0. The average molecular weight is 262 g/mol. The molecule has 2 aromatic rings. The van der Waals surface area contributed by atoms with Gasteiger partial charge < -0.3 is 10.1 Å². The van der Waals surface area contributed by atoms with E-state index in [2.05, 4.69) is 18.3 Å². The van der Waals surface area contributed by atoms with Crippen molar-refractivity contribution in [1.29, 1.82) is 0 Å². The van der Waals surface area contributed by atoms with Crippen molar-refractivity contribution in [1.82, 2.24) is 0 Å². The van der Waals surface area contributed by atoms with E-state index in [1.807, 2.05) is 36.4 Å². The molecule has 0 unspecified atom stereocenters. The van der Waals surface area contributed by atoms with Crippen LogP contribution in [-0.4, -0.2) is 7.11 Å². The molecule has 0 radical (unpaired) electrons. The van der Waals surface area contributed by atoms with Gasteiger partial charge in [0.1, 0.15) is 5.75 Å². The fraction of sp³-hybridized carbons (Fsp3) is 0.200. The van der Waals surface area contributed by atoms with Crippen LogP contribution in [0.3, 0.4) is 0 Å². The normalized spacial score (nSPS) is 10.2. The Kier molecular flexibility index (Phi) is 4.11. The van der Waals surface area contributed by atoms with Gasteiger partial charge in [-0.05, 0) is 48.4 Å². The van der Waals surface area contributed by atoms with E-state index in [9.17, 15) is 0 Å². The van der Waals surface area contributed by atoms with Gasteiger partial charge in [0.15, 0.2) is 0 Å². The Bertz CT molecular complexity index is 540. The summed E-state index contributed by atoms with van der Waals surface area (Å²) in [6.45, 7) is 2.82. The maximum atomic E-state index is 5.95. The van der Waals surface area contributed by atoms with Crippen molar-refractivity contribution in [2.75, 3.05) is 12.4 Å². The summed E-state index contributed by atoms with van der Waals surface area (Å²) in [5.41, 5.74) is 3.44. The summed E-state index contributed by atoms with van der Waals surface area (Å²) in [5.74, 6) is 0.876. The fourth-order valence-corrected chi connectivity index (χ4v) is 2.02. The molecule has 0 heterocycles. The van der Waals surface area contributed by atoms with E-state index in [-0.39, 0.29) is 0 Å². The SMILES string of the molecule is COc1ccc(NCc2cccc(Cl)c2)c(C)c1. The molecule has 0 aliphatic carbocycles. The lowest BCUT2D eigenvalue weighted by molar-refractivity contribution is 0.414. The van der Waals surface area contributed by atoms with E-state index in [0.717, 1.165) is 34.1 Å². The number of benzene rings is 2. The van der Waals surface area contributed by atoms with Crippen molar-refractivity contribution in [2.24, 2.45) is 0 Å². The summed E-state index contributed by atoms with van der Waals surface area (Å²) in [5, 5.41) is 4.16. The number of methoxy groups -OCH3 is 1. The Balaban J connectivity index is 2.06. The van der Waals surface area contributed by atoms with E-state index in [1.54, 1.807) is 7.11 Å². The molecule has 2 aromatic carbocycles. The number of hydrogen-bond acceptors (Lipinski definition) is 2. The van der Waals surface area contributed by atoms with Crippen LogP contribution in [0.25, 0.3) is 0 Å². The molecule has 0 saturated heterocycles. The van der Waals surface area contributed by atoms with Crippen molar-refractivity contribution in [3.63, 3.8) is 0 Å². The molecule has 0 atom stereocenters. The zero-order valence-electron chi connectivity index (χ0n) is 10.5. The number of ether oxygens (including phenoxy) is 1. The predicted molar refractivity (Wildman–Crippen MR) is 76.5 cm³/mol. The van der Waals surface area contributed by atoms with Gasteiger partial charge in [-0.3, -0.25) is 0 Å². The Morgan fingerprint density at radius 3 is 2.67 bits per heavy atom. The van der Waals surface area contributed by atoms with Crippen LogP contribution in [0.4, 0.5) is 5.69 Å². The van der Waals surface area contributed by atoms with Gasteiger partial charge in [0, 0.05) is 17.3 Å². The van der Waals surface area contributed by atoms with Gasteiger partial charge in [0.2, 0.25) is 0 Å². The van der Waals surface area contributed by atoms with Gasteiger partial charge in [-0.15, -0.1) is 0 Å². The minimum Gasteiger partial charge on any atom is -0.497 e. The third-order valence-electron chi connectivity index (χ3n) is 2.81. The van der Waals surface area contributed by atoms with Crippen LogP contribution >= 0.6 is 11.6 Å². The molecule has 0 fully saturated rings. The summed E-state index contributed by atoms with van der Waals surface area (Å²) in [6.07, 6.45) is 0. The Morgan fingerprint density at radius 1 is 1.17 bits per heavy atom. The number of hydrogen-bond donors (Lipinski definition) is 1. The zero-order valence-corrected chi connectivity index (χ0v) is 11.3. The molecular formula is C15H16ClNO. The highest BCUT2D eigenvalue weighted by atomic mass is 35.5. The number of rotatable bonds is 4. The Morgan fingerprint density at radius 2 is 2.00 bits per heavy atom. The highest BCUT2D eigenvalue weighted by Crippen LogP contribution is 2.22. The van der Waals surface area contributed by atoms with Crippen molar-refractivity contribution in [3.8, 4) is 5.75 Å². The molecule has 1 N–H and O–H groups in total. The first kappa shape index (κ1) is 12.8. The molecular weight excluding hydrogens is 246 g/mol. The van der Waals surface area contributed by atoms with Crippen LogP contribution in [0.5, 0.6) is 5.75 Å². The van der Waals surface area contributed by atoms with E-state index in [1.165, 1.54) is 0 Å². The Labute approximate surface area is 113 Å². The first-order valence-electron chi connectivity index (χ1n) is 5.82. The maximum Gasteiger partial charge on any atom is 0.119 e. The minimum atomic E-state index is 0.758. The van der Waals surface area contributed by atoms with E-state index < -0.39 is 0 Å². The van der Waals surface area contributed by atoms with Gasteiger partial charge >= 0.3 is 0 Å². The molecule has 2 nitrogen and oxygen atoms in total. The minimum absolute atomic E-state index is 0.758. The highest BCUT2D eigenvalue weighted by Gasteiger charge is 2.00. The summed E-state index contributed by atoms with van der Waals surface area (Å²) >= 11 is 5.95. The Hall–Kier alpha value is -1.67. The molecule has 0 bridgehead atoms. The molecule has 0 aliphatic heterocycles. The van der Waals surface area contributed by atoms with Crippen LogP contribution in [0, 0.1) is 6.92 Å². The quantitative estimate of drug-likeness (QED) is 0.888. The van der Waals surface area contributed by atoms with Crippen LogP contribution in [-0.2, 0) is 6.54 Å². The fourth-order valence-electron chi connectivity index (χ4n) is 1.81. The third-order valence-corrected chi connectivity index (χ3v) is 3.04. The standard InChI is InChI=1S/C15H16ClNO/c1-11-8-14(18-2)6-7-15(11)17-10-12-4-3-5-13(16)9-12/h3-9,17H,10H2,1-2H3. The first-order valence-corrected chi connectivity index (χ1v) is 6.20. The van der Waals surface area contributed by atoms with Crippen LogP contribution in [0.2, 0.25) is 5.02 Å². The lowest BCUT2D eigenvalue weighted by atomic mass is 10.1. The van der Waals surface area contributed by atoms with Gasteiger partial charge in [-0.1, -0.05) is 23.7 Å².